The van der Waals surface area contributed by atoms with Crippen LogP contribution in [0.1, 0.15) is 30.4 Å². The summed E-state index contributed by atoms with van der Waals surface area (Å²) in [6, 6.07) is 12.1. The second-order valence-electron chi connectivity index (χ2n) is 5.27. The molecular weight excluding hydrogens is 268 g/mol. The fourth-order valence-electron chi connectivity index (χ4n) is 2.08. The minimum absolute atomic E-state index is 0.0607. The van der Waals surface area contributed by atoms with Gasteiger partial charge in [-0.1, -0.05) is 30.3 Å². The van der Waals surface area contributed by atoms with E-state index in [4.69, 9.17) is 0 Å². The second kappa shape index (κ2) is 6.86. The zero-order chi connectivity index (χ0) is 14.4. The number of thioether (sulfide) groups is 1. The molecule has 1 unspecified atom stereocenters. The molecule has 2 rings (SSSR count). The number of hydrogen-bond donors (Lipinski definition) is 1. The van der Waals surface area contributed by atoms with E-state index in [9.17, 15) is 5.11 Å². The average Bonchev–Trinajstić information content (AvgIpc) is 2.44. The first-order chi connectivity index (χ1) is 9.57. The van der Waals surface area contributed by atoms with E-state index in [1.807, 2.05) is 38.1 Å². The van der Waals surface area contributed by atoms with Crippen molar-refractivity contribution in [3.05, 3.63) is 60.2 Å². The standard InChI is InChI=1S/C16H20N2OS/c1-16(2,19)15(13-6-4-3-5-7-13)20-11-9-14-8-10-17-12-18-14/h3-8,10,12,15,19H,9,11H2,1-2H3. The number of aromatic nitrogens is 2. The van der Waals surface area contributed by atoms with Gasteiger partial charge in [-0.25, -0.2) is 9.97 Å². The Hall–Kier alpha value is -1.39. The fraction of sp³-hybridized carbons (Fsp3) is 0.375. The molecule has 0 saturated heterocycles. The summed E-state index contributed by atoms with van der Waals surface area (Å²) in [6.45, 7) is 3.73. The normalized spacial score (nSPS) is 13.2. The molecule has 106 valence electrons. The number of hydrogen-bond acceptors (Lipinski definition) is 4. The van der Waals surface area contributed by atoms with E-state index in [0.29, 0.717) is 0 Å². The third kappa shape index (κ3) is 4.32. The van der Waals surface area contributed by atoms with Gasteiger partial charge < -0.3 is 5.11 Å². The molecule has 1 aromatic carbocycles. The highest BCUT2D eigenvalue weighted by atomic mass is 32.2. The average molecular weight is 288 g/mol. The van der Waals surface area contributed by atoms with Crippen molar-refractivity contribution in [3.8, 4) is 0 Å². The largest absolute Gasteiger partial charge is 0.389 e. The molecular formula is C16H20N2OS. The van der Waals surface area contributed by atoms with Crippen LogP contribution in [0.4, 0.5) is 0 Å². The number of rotatable bonds is 6. The van der Waals surface area contributed by atoms with Gasteiger partial charge in [0.15, 0.2) is 0 Å². The highest BCUT2D eigenvalue weighted by Gasteiger charge is 2.28. The van der Waals surface area contributed by atoms with Crippen molar-refractivity contribution in [2.75, 3.05) is 5.75 Å². The van der Waals surface area contributed by atoms with Crippen molar-refractivity contribution in [1.82, 2.24) is 9.97 Å². The summed E-state index contributed by atoms with van der Waals surface area (Å²) in [5.74, 6) is 0.917. The Morgan fingerprint density at radius 2 is 1.95 bits per heavy atom. The Bertz CT molecular complexity index is 511. The van der Waals surface area contributed by atoms with Crippen molar-refractivity contribution >= 4 is 11.8 Å². The molecule has 0 aliphatic carbocycles. The second-order valence-corrected chi connectivity index (χ2v) is 6.48. The van der Waals surface area contributed by atoms with Crippen LogP contribution in [0.5, 0.6) is 0 Å². The van der Waals surface area contributed by atoms with Crippen molar-refractivity contribution in [2.45, 2.75) is 31.1 Å². The van der Waals surface area contributed by atoms with Crippen LogP contribution in [0.3, 0.4) is 0 Å². The lowest BCUT2D eigenvalue weighted by Crippen LogP contribution is -2.27. The lowest BCUT2D eigenvalue weighted by Gasteiger charge is -2.29. The summed E-state index contributed by atoms with van der Waals surface area (Å²) in [5.41, 5.74) is 1.44. The number of aryl methyl sites for hydroxylation is 1. The maximum absolute atomic E-state index is 10.4. The third-order valence-corrected chi connectivity index (χ3v) is 4.65. The Kier molecular flexibility index (Phi) is 5.15. The summed E-state index contributed by atoms with van der Waals surface area (Å²) < 4.78 is 0. The monoisotopic (exact) mass is 288 g/mol. The van der Waals surface area contributed by atoms with Crippen LogP contribution < -0.4 is 0 Å². The van der Waals surface area contributed by atoms with E-state index in [0.717, 1.165) is 23.4 Å². The zero-order valence-electron chi connectivity index (χ0n) is 11.9. The first-order valence-corrected chi connectivity index (χ1v) is 7.76. The van der Waals surface area contributed by atoms with Gasteiger partial charge in [0.1, 0.15) is 6.33 Å². The quantitative estimate of drug-likeness (QED) is 0.886. The molecule has 1 N–H and O–H groups in total. The Morgan fingerprint density at radius 3 is 2.55 bits per heavy atom. The smallest absolute Gasteiger partial charge is 0.115 e. The molecule has 1 atom stereocenters. The Balaban J connectivity index is 1.99. The van der Waals surface area contributed by atoms with Gasteiger partial charge in [-0.05, 0) is 37.7 Å². The number of benzene rings is 1. The van der Waals surface area contributed by atoms with E-state index < -0.39 is 5.60 Å². The van der Waals surface area contributed by atoms with Gasteiger partial charge in [0, 0.05) is 11.9 Å². The molecule has 3 nitrogen and oxygen atoms in total. The van der Waals surface area contributed by atoms with Crippen LogP contribution in [0.15, 0.2) is 48.9 Å². The molecule has 0 aliphatic rings. The van der Waals surface area contributed by atoms with E-state index in [1.54, 1.807) is 24.3 Å². The van der Waals surface area contributed by atoms with Gasteiger partial charge in [-0.15, -0.1) is 0 Å². The molecule has 1 aromatic heterocycles. The lowest BCUT2D eigenvalue weighted by atomic mass is 9.98. The molecule has 2 aromatic rings. The van der Waals surface area contributed by atoms with Crippen molar-refractivity contribution < 1.29 is 5.11 Å². The van der Waals surface area contributed by atoms with Crippen LogP contribution in [0.25, 0.3) is 0 Å². The molecule has 0 aliphatic heterocycles. The highest BCUT2D eigenvalue weighted by Crippen LogP contribution is 2.38. The van der Waals surface area contributed by atoms with E-state index in [1.165, 1.54) is 0 Å². The highest BCUT2D eigenvalue weighted by molar-refractivity contribution is 7.99. The van der Waals surface area contributed by atoms with Crippen molar-refractivity contribution in [2.24, 2.45) is 0 Å². The summed E-state index contributed by atoms with van der Waals surface area (Å²) >= 11 is 1.77. The molecule has 0 fully saturated rings. The third-order valence-electron chi connectivity index (χ3n) is 3.03. The lowest BCUT2D eigenvalue weighted by molar-refractivity contribution is 0.0776. The van der Waals surface area contributed by atoms with E-state index in [-0.39, 0.29) is 5.25 Å². The first kappa shape index (κ1) is 15.0. The molecule has 1 heterocycles. The summed E-state index contributed by atoms with van der Waals surface area (Å²) in [4.78, 5) is 8.14. The number of aliphatic hydroxyl groups is 1. The van der Waals surface area contributed by atoms with Gasteiger partial charge in [-0.3, -0.25) is 0 Å². The van der Waals surface area contributed by atoms with Gasteiger partial charge in [0.2, 0.25) is 0 Å². The fourth-order valence-corrected chi connectivity index (χ4v) is 3.40. The molecule has 0 radical (unpaired) electrons. The Morgan fingerprint density at radius 1 is 1.20 bits per heavy atom. The maximum atomic E-state index is 10.4. The topological polar surface area (TPSA) is 46.0 Å². The van der Waals surface area contributed by atoms with Crippen LogP contribution in [0.2, 0.25) is 0 Å². The minimum atomic E-state index is -0.752. The maximum Gasteiger partial charge on any atom is 0.115 e. The van der Waals surface area contributed by atoms with Gasteiger partial charge >= 0.3 is 0 Å². The molecule has 0 saturated carbocycles. The predicted molar refractivity (Wildman–Crippen MR) is 83.7 cm³/mol. The zero-order valence-corrected chi connectivity index (χ0v) is 12.7. The predicted octanol–water partition coefficient (Wildman–Crippen LogP) is 3.26. The van der Waals surface area contributed by atoms with Crippen LogP contribution in [0, 0.1) is 0 Å². The molecule has 4 heteroatoms. The van der Waals surface area contributed by atoms with E-state index >= 15 is 0 Å². The van der Waals surface area contributed by atoms with Gasteiger partial charge in [0.25, 0.3) is 0 Å². The summed E-state index contributed by atoms with van der Waals surface area (Å²) in [5, 5.41) is 10.4. The SMILES string of the molecule is CC(C)(O)C(SCCc1ccncn1)c1ccccc1. The van der Waals surface area contributed by atoms with Gasteiger partial charge in [0.05, 0.1) is 10.9 Å². The molecule has 0 amide bonds. The molecule has 0 spiro atoms. The molecule has 0 bridgehead atoms. The minimum Gasteiger partial charge on any atom is -0.389 e. The van der Waals surface area contributed by atoms with Gasteiger partial charge in [-0.2, -0.15) is 11.8 Å². The number of nitrogens with zero attached hydrogens (tertiary/aromatic N) is 2. The van der Waals surface area contributed by atoms with Crippen molar-refractivity contribution in [3.63, 3.8) is 0 Å². The Labute approximate surface area is 124 Å². The summed E-state index contributed by atoms with van der Waals surface area (Å²) in [7, 11) is 0. The van der Waals surface area contributed by atoms with Crippen LogP contribution >= 0.6 is 11.8 Å². The first-order valence-electron chi connectivity index (χ1n) is 6.71. The van der Waals surface area contributed by atoms with E-state index in [2.05, 4.69) is 22.1 Å². The van der Waals surface area contributed by atoms with Crippen LogP contribution in [-0.2, 0) is 6.42 Å². The van der Waals surface area contributed by atoms with Crippen molar-refractivity contribution in [1.29, 1.82) is 0 Å². The molecule has 20 heavy (non-hydrogen) atoms. The summed E-state index contributed by atoms with van der Waals surface area (Å²) in [6.07, 6.45) is 4.22. The van der Waals surface area contributed by atoms with Crippen LogP contribution in [-0.4, -0.2) is 26.4 Å².